The van der Waals surface area contributed by atoms with Crippen LogP contribution in [0.25, 0.3) is 0 Å². The van der Waals surface area contributed by atoms with Crippen molar-refractivity contribution in [3.8, 4) is 0 Å². The van der Waals surface area contributed by atoms with E-state index in [4.69, 9.17) is 0 Å². The standard InChI is InChI=1S/C17H24N2O/c1-12(2)16-6-4-10-19(16)17(20)14-7-8-15-13(11-14)5-3-9-18-15/h7-8,11-12,16,18H,3-6,9-10H2,1-2H3. The molecule has 20 heavy (non-hydrogen) atoms. The molecule has 1 N–H and O–H groups in total. The van der Waals surface area contributed by atoms with Gasteiger partial charge in [0.15, 0.2) is 0 Å². The van der Waals surface area contributed by atoms with E-state index in [1.54, 1.807) is 0 Å². The molecular weight excluding hydrogens is 248 g/mol. The molecule has 2 aliphatic heterocycles. The summed E-state index contributed by atoms with van der Waals surface area (Å²) in [7, 11) is 0. The van der Waals surface area contributed by atoms with E-state index in [9.17, 15) is 4.79 Å². The lowest BCUT2D eigenvalue weighted by Gasteiger charge is -2.28. The molecule has 1 aromatic rings. The molecule has 0 aromatic heterocycles. The van der Waals surface area contributed by atoms with Gasteiger partial charge in [0, 0.05) is 30.4 Å². The number of hydrogen-bond donors (Lipinski definition) is 1. The number of likely N-dealkylation sites (tertiary alicyclic amines) is 1. The lowest BCUT2D eigenvalue weighted by atomic mass is 9.99. The third kappa shape index (κ3) is 2.41. The third-order valence-electron chi connectivity index (χ3n) is 4.62. The van der Waals surface area contributed by atoms with Gasteiger partial charge in [0.1, 0.15) is 0 Å². The van der Waals surface area contributed by atoms with Crippen LogP contribution in [0.4, 0.5) is 5.69 Å². The van der Waals surface area contributed by atoms with Crippen molar-refractivity contribution in [1.29, 1.82) is 0 Å². The van der Waals surface area contributed by atoms with Crippen LogP contribution in [0.1, 0.15) is 49.0 Å². The van der Waals surface area contributed by atoms with E-state index in [1.807, 2.05) is 6.07 Å². The van der Waals surface area contributed by atoms with Gasteiger partial charge in [0.05, 0.1) is 0 Å². The second-order valence-electron chi connectivity index (χ2n) is 6.35. The maximum atomic E-state index is 12.8. The molecule has 108 valence electrons. The number of rotatable bonds is 2. The third-order valence-corrected chi connectivity index (χ3v) is 4.62. The Balaban J connectivity index is 1.83. The monoisotopic (exact) mass is 272 g/mol. The number of carbonyl (C=O) groups is 1. The minimum Gasteiger partial charge on any atom is -0.385 e. The lowest BCUT2D eigenvalue weighted by Crippen LogP contribution is -2.38. The van der Waals surface area contributed by atoms with Crippen molar-refractivity contribution in [3.63, 3.8) is 0 Å². The topological polar surface area (TPSA) is 32.3 Å². The zero-order valence-electron chi connectivity index (χ0n) is 12.5. The van der Waals surface area contributed by atoms with Gasteiger partial charge < -0.3 is 10.2 Å². The molecule has 1 unspecified atom stereocenters. The Kier molecular flexibility index (Phi) is 3.68. The maximum Gasteiger partial charge on any atom is 0.254 e. The molecule has 0 bridgehead atoms. The molecule has 0 spiro atoms. The van der Waals surface area contributed by atoms with E-state index in [0.29, 0.717) is 12.0 Å². The normalized spacial score (nSPS) is 21.8. The highest BCUT2D eigenvalue weighted by Gasteiger charge is 2.31. The second kappa shape index (κ2) is 5.47. The van der Waals surface area contributed by atoms with Crippen LogP contribution in [0.2, 0.25) is 0 Å². The van der Waals surface area contributed by atoms with Gasteiger partial charge in [-0.15, -0.1) is 0 Å². The number of carbonyl (C=O) groups excluding carboxylic acids is 1. The summed E-state index contributed by atoms with van der Waals surface area (Å²) >= 11 is 0. The number of anilines is 1. The summed E-state index contributed by atoms with van der Waals surface area (Å²) in [6, 6.07) is 6.56. The van der Waals surface area contributed by atoms with Gasteiger partial charge in [-0.25, -0.2) is 0 Å². The van der Waals surface area contributed by atoms with Crippen molar-refractivity contribution in [2.45, 2.75) is 45.6 Å². The molecule has 1 atom stereocenters. The molecule has 1 fully saturated rings. The van der Waals surface area contributed by atoms with Crippen LogP contribution in [-0.2, 0) is 6.42 Å². The largest absolute Gasteiger partial charge is 0.385 e. The molecule has 0 aliphatic carbocycles. The second-order valence-corrected chi connectivity index (χ2v) is 6.35. The summed E-state index contributed by atoms with van der Waals surface area (Å²) in [4.78, 5) is 14.8. The molecule has 3 heteroatoms. The van der Waals surface area contributed by atoms with Crippen LogP contribution in [0.3, 0.4) is 0 Å². The zero-order chi connectivity index (χ0) is 14.1. The summed E-state index contributed by atoms with van der Waals surface area (Å²) in [5.41, 5.74) is 3.36. The van der Waals surface area contributed by atoms with Gasteiger partial charge in [-0.1, -0.05) is 13.8 Å². The maximum absolute atomic E-state index is 12.8. The summed E-state index contributed by atoms with van der Waals surface area (Å²) < 4.78 is 0. The summed E-state index contributed by atoms with van der Waals surface area (Å²) in [5, 5.41) is 3.40. The fourth-order valence-electron chi connectivity index (χ4n) is 3.51. The summed E-state index contributed by atoms with van der Waals surface area (Å²) in [5.74, 6) is 0.760. The van der Waals surface area contributed by atoms with Crippen molar-refractivity contribution in [3.05, 3.63) is 29.3 Å². The molecule has 0 saturated carbocycles. The van der Waals surface area contributed by atoms with E-state index in [-0.39, 0.29) is 5.91 Å². The van der Waals surface area contributed by atoms with Crippen molar-refractivity contribution < 1.29 is 4.79 Å². The Labute approximate surface area is 121 Å². The van der Waals surface area contributed by atoms with Gasteiger partial charge in [0.2, 0.25) is 0 Å². The predicted octanol–water partition coefficient (Wildman–Crippen LogP) is 3.31. The molecule has 3 nitrogen and oxygen atoms in total. The molecule has 1 amide bonds. The van der Waals surface area contributed by atoms with Gasteiger partial charge in [-0.3, -0.25) is 4.79 Å². The Morgan fingerprint density at radius 2 is 2.20 bits per heavy atom. The minimum atomic E-state index is 0.217. The molecular formula is C17H24N2O. The number of hydrogen-bond acceptors (Lipinski definition) is 2. The van der Waals surface area contributed by atoms with Crippen molar-refractivity contribution in [2.75, 3.05) is 18.4 Å². The number of aryl methyl sites for hydroxylation is 1. The number of nitrogens with zero attached hydrogens (tertiary/aromatic N) is 1. The fourth-order valence-corrected chi connectivity index (χ4v) is 3.51. The Bertz CT molecular complexity index is 510. The number of fused-ring (bicyclic) bond motifs is 1. The van der Waals surface area contributed by atoms with E-state index in [0.717, 1.165) is 44.3 Å². The van der Waals surface area contributed by atoms with E-state index in [2.05, 4.69) is 36.2 Å². The van der Waals surface area contributed by atoms with Crippen LogP contribution in [0, 0.1) is 5.92 Å². The molecule has 1 saturated heterocycles. The summed E-state index contributed by atoms with van der Waals surface area (Å²) in [6.45, 7) is 6.39. The van der Waals surface area contributed by atoms with Crippen molar-refractivity contribution in [1.82, 2.24) is 4.90 Å². The zero-order valence-corrected chi connectivity index (χ0v) is 12.5. The van der Waals surface area contributed by atoms with Crippen LogP contribution in [0.5, 0.6) is 0 Å². The highest BCUT2D eigenvalue weighted by atomic mass is 16.2. The van der Waals surface area contributed by atoms with Gasteiger partial charge in [0.25, 0.3) is 5.91 Å². The van der Waals surface area contributed by atoms with E-state index >= 15 is 0 Å². The van der Waals surface area contributed by atoms with E-state index in [1.165, 1.54) is 11.3 Å². The molecule has 2 aliphatic rings. The Morgan fingerprint density at radius 3 is 3.00 bits per heavy atom. The van der Waals surface area contributed by atoms with Crippen LogP contribution in [-0.4, -0.2) is 29.9 Å². The predicted molar refractivity (Wildman–Crippen MR) is 82.1 cm³/mol. The van der Waals surface area contributed by atoms with Crippen molar-refractivity contribution >= 4 is 11.6 Å². The fraction of sp³-hybridized carbons (Fsp3) is 0.588. The average Bonchev–Trinajstić information content (AvgIpc) is 2.95. The van der Waals surface area contributed by atoms with Crippen LogP contribution < -0.4 is 5.32 Å². The SMILES string of the molecule is CC(C)C1CCCN1C(=O)c1ccc2c(c1)CCCN2. The smallest absolute Gasteiger partial charge is 0.254 e. The lowest BCUT2D eigenvalue weighted by molar-refractivity contribution is 0.0701. The first-order valence-corrected chi connectivity index (χ1v) is 7.84. The van der Waals surface area contributed by atoms with Crippen molar-refractivity contribution in [2.24, 2.45) is 5.92 Å². The first kappa shape index (κ1) is 13.5. The highest BCUT2D eigenvalue weighted by molar-refractivity contribution is 5.95. The number of amides is 1. The molecule has 1 aromatic carbocycles. The highest BCUT2D eigenvalue weighted by Crippen LogP contribution is 2.28. The average molecular weight is 272 g/mol. The van der Waals surface area contributed by atoms with Gasteiger partial charge in [-0.05, 0) is 55.4 Å². The Morgan fingerprint density at radius 1 is 1.35 bits per heavy atom. The van der Waals surface area contributed by atoms with Gasteiger partial charge in [-0.2, -0.15) is 0 Å². The minimum absolute atomic E-state index is 0.217. The molecule has 3 rings (SSSR count). The van der Waals surface area contributed by atoms with E-state index < -0.39 is 0 Å². The first-order chi connectivity index (χ1) is 9.66. The first-order valence-electron chi connectivity index (χ1n) is 7.84. The summed E-state index contributed by atoms with van der Waals surface area (Å²) in [6.07, 6.45) is 4.52. The Hall–Kier alpha value is -1.51. The van der Waals surface area contributed by atoms with Crippen LogP contribution >= 0.6 is 0 Å². The van der Waals surface area contributed by atoms with Crippen LogP contribution in [0.15, 0.2) is 18.2 Å². The molecule has 2 heterocycles. The number of nitrogens with one attached hydrogen (secondary N) is 1. The quantitative estimate of drug-likeness (QED) is 0.896. The number of benzene rings is 1. The molecule has 0 radical (unpaired) electrons. The van der Waals surface area contributed by atoms with Gasteiger partial charge >= 0.3 is 0 Å².